The van der Waals surface area contributed by atoms with Crippen molar-refractivity contribution < 1.29 is 8.42 Å². The van der Waals surface area contributed by atoms with Crippen LogP contribution in [0.25, 0.3) is 0 Å². The summed E-state index contributed by atoms with van der Waals surface area (Å²) in [5.41, 5.74) is 5.93. The molecule has 0 unspecified atom stereocenters. The van der Waals surface area contributed by atoms with E-state index in [9.17, 15) is 8.42 Å². The molecule has 0 heterocycles. The number of thioether (sulfide) groups is 1. The van der Waals surface area contributed by atoms with Crippen LogP contribution < -0.4 is 16.2 Å². The molecule has 0 bridgehead atoms. The smallest absolute Gasteiger partial charge is 0.238 e. The van der Waals surface area contributed by atoms with E-state index < -0.39 is 10.0 Å². The van der Waals surface area contributed by atoms with Crippen LogP contribution >= 0.6 is 24.0 Å². The molecule has 0 amide bonds. The minimum absolute atomic E-state index is 0.0247. The van der Waals surface area contributed by atoms with Crippen LogP contribution in [0.5, 0.6) is 0 Å². The molecule has 0 atom stereocenters. The van der Waals surface area contributed by atoms with Gasteiger partial charge < -0.3 is 11.1 Å². The zero-order valence-corrected chi connectivity index (χ0v) is 11.6. The molecular weight excluding hydrogens is 278 g/mol. The molecule has 17 heavy (non-hydrogen) atoms. The van der Waals surface area contributed by atoms with Gasteiger partial charge in [-0.05, 0) is 36.2 Å². The molecule has 0 radical (unpaired) electrons. The van der Waals surface area contributed by atoms with Gasteiger partial charge in [0.1, 0.15) is 0 Å². The molecule has 1 rings (SSSR count). The summed E-state index contributed by atoms with van der Waals surface area (Å²) in [5, 5.41) is 7.87. The normalized spacial score (nSPS) is 11.2. The van der Waals surface area contributed by atoms with Crippen LogP contribution in [0.4, 0.5) is 5.69 Å². The van der Waals surface area contributed by atoms with Crippen molar-refractivity contribution in [1.29, 1.82) is 0 Å². The third-order valence-electron chi connectivity index (χ3n) is 1.84. The van der Waals surface area contributed by atoms with Crippen molar-refractivity contribution in [3.8, 4) is 0 Å². The Balaban J connectivity index is 3.23. The monoisotopic (exact) mass is 291 g/mol. The molecule has 0 aromatic heterocycles. The van der Waals surface area contributed by atoms with Crippen molar-refractivity contribution in [1.82, 2.24) is 0 Å². The number of anilines is 1. The highest BCUT2D eigenvalue weighted by Crippen LogP contribution is 2.29. The van der Waals surface area contributed by atoms with Crippen molar-refractivity contribution in [2.75, 3.05) is 11.1 Å². The maximum absolute atomic E-state index is 11.2. The Morgan fingerprint density at radius 3 is 2.65 bits per heavy atom. The van der Waals surface area contributed by atoms with Crippen LogP contribution in [0.3, 0.4) is 0 Å². The van der Waals surface area contributed by atoms with E-state index in [1.807, 2.05) is 6.92 Å². The van der Waals surface area contributed by atoms with Gasteiger partial charge in [0.05, 0.1) is 10.6 Å². The predicted molar refractivity (Wildman–Crippen MR) is 74.6 cm³/mol. The molecule has 0 spiro atoms. The van der Waals surface area contributed by atoms with Crippen molar-refractivity contribution in [2.24, 2.45) is 10.9 Å². The first-order valence-corrected chi connectivity index (χ1v) is 7.64. The summed E-state index contributed by atoms with van der Waals surface area (Å²) >= 11 is 6.28. The van der Waals surface area contributed by atoms with E-state index in [1.165, 1.54) is 12.1 Å². The largest absolute Gasteiger partial charge is 0.376 e. The number of hydrogen-bond donors (Lipinski definition) is 3. The molecule has 94 valence electrons. The van der Waals surface area contributed by atoms with Crippen molar-refractivity contribution in [3.05, 3.63) is 18.2 Å². The van der Waals surface area contributed by atoms with E-state index in [2.05, 4.69) is 5.32 Å². The lowest BCUT2D eigenvalue weighted by molar-refractivity contribution is 0.598. The molecule has 5 N–H and O–H groups in total. The van der Waals surface area contributed by atoms with Gasteiger partial charge >= 0.3 is 0 Å². The number of sulfonamides is 1. The highest BCUT2D eigenvalue weighted by molar-refractivity contribution is 7.99. The van der Waals surface area contributed by atoms with Crippen molar-refractivity contribution in [2.45, 2.75) is 16.7 Å². The zero-order valence-electron chi connectivity index (χ0n) is 9.14. The maximum Gasteiger partial charge on any atom is 0.238 e. The van der Waals surface area contributed by atoms with Gasteiger partial charge in [-0.3, -0.25) is 0 Å². The summed E-state index contributed by atoms with van der Waals surface area (Å²) in [4.78, 5) is 0.893. The van der Waals surface area contributed by atoms with Gasteiger partial charge in [-0.1, -0.05) is 6.92 Å². The Morgan fingerprint density at radius 1 is 1.53 bits per heavy atom. The van der Waals surface area contributed by atoms with Gasteiger partial charge in [0.25, 0.3) is 0 Å². The van der Waals surface area contributed by atoms with E-state index in [4.69, 9.17) is 23.1 Å². The Morgan fingerprint density at radius 2 is 2.18 bits per heavy atom. The van der Waals surface area contributed by atoms with Gasteiger partial charge in [0, 0.05) is 4.90 Å². The number of rotatable bonds is 4. The molecule has 0 aliphatic heterocycles. The summed E-state index contributed by atoms with van der Waals surface area (Å²) in [7, 11) is -3.73. The summed E-state index contributed by atoms with van der Waals surface area (Å²) < 4.78 is 22.4. The molecule has 8 heteroatoms. The molecule has 0 saturated heterocycles. The fourth-order valence-corrected chi connectivity index (χ4v) is 2.59. The molecule has 0 saturated carbocycles. The standard InChI is InChI=1S/C9H13N3O2S3/c1-2-16-8-4-3-6(17(11,13)14)5-7(8)12-9(10)15/h3-5H,2H2,1H3,(H3,10,12,15)(H2,11,13,14). The minimum Gasteiger partial charge on any atom is -0.376 e. The van der Waals surface area contributed by atoms with Crippen LogP contribution in [0.15, 0.2) is 28.0 Å². The second-order valence-electron chi connectivity index (χ2n) is 3.13. The van der Waals surface area contributed by atoms with Crippen LogP contribution in [0.1, 0.15) is 6.92 Å². The topological polar surface area (TPSA) is 98.2 Å². The first-order valence-electron chi connectivity index (χ1n) is 4.70. The number of primary sulfonamides is 1. The molecule has 0 aliphatic rings. The maximum atomic E-state index is 11.2. The highest BCUT2D eigenvalue weighted by atomic mass is 32.2. The van der Waals surface area contributed by atoms with Crippen LogP contribution in [-0.2, 0) is 10.0 Å². The summed E-state index contributed by atoms with van der Waals surface area (Å²) in [6.45, 7) is 1.99. The zero-order chi connectivity index (χ0) is 13.1. The lowest BCUT2D eigenvalue weighted by Gasteiger charge is -2.11. The van der Waals surface area contributed by atoms with Gasteiger partial charge in [-0.15, -0.1) is 11.8 Å². The highest BCUT2D eigenvalue weighted by Gasteiger charge is 2.11. The second-order valence-corrected chi connectivity index (χ2v) is 6.43. The Bertz CT molecular complexity index is 528. The van der Waals surface area contributed by atoms with Crippen LogP contribution in [0.2, 0.25) is 0 Å². The summed E-state index contributed by atoms with van der Waals surface area (Å²) in [6, 6.07) is 4.55. The average molecular weight is 291 g/mol. The number of hydrogen-bond acceptors (Lipinski definition) is 4. The fourth-order valence-electron chi connectivity index (χ4n) is 1.20. The lowest BCUT2D eigenvalue weighted by atomic mass is 10.3. The number of nitrogens with two attached hydrogens (primary N) is 2. The Hall–Kier alpha value is -0.830. The van der Waals surface area contributed by atoms with Crippen molar-refractivity contribution in [3.63, 3.8) is 0 Å². The SMILES string of the molecule is CCSc1ccc(S(N)(=O)=O)cc1NC(N)=S. The molecule has 1 aromatic rings. The van der Waals surface area contributed by atoms with Gasteiger partial charge in [0.2, 0.25) is 10.0 Å². The third-order valence-corrected chi connectivity index (χ3v) is 3.81. The van der Waals surface area contributed by atoms with Crippen molar-refractivity contribution >= 4 is 44.8 Å². The average Bonchev–Trinajstić information content (AvgIpc) is 2.18. The van der Waals surface area contributed by atoms with E-state index in [1.54, 1.807) is 17.8 Å². The fraction of sp³-hybridized carbons (Fsp3) is 0.222. The quantitative estimate of drug-likeness (QED) is 0.567. The predicted octanol–water partition coefficient (Wildman–Crippen LogP) is 1.10. The molecule has 1 aromatic carbocycles. The minimum atomic E-state index is -3.73. The van der Waals surface area contributed by atoms with E-state index >= 15 is 0 Å². The van der Waals surface area contributed by atoms with Gasteiger partial charge in [0.15, 0.2) is 5.11 Å². The molecule has 5 nitrogen and oxygen atoms in total. The van der Waals surface area contributed by atoms with Crippen LogP contribution in [0, 0.1) is 0 Å². The summed E-state index contributed by atoms with van der Waals surface area (Å²) in [5.74, 6) is 0.848. The molecule has 0 aliphatic carbocycles. The number of nitrogens with one attached hydrogen (secondary N) is 1. The molecule has 0 fully saturated rings. The lowest BCUT2D eigenvalue weighted by Crippen LogP contribution is -2.20. The third kappa shape index (κ3) is 4.15. The van der Waals surface area contributed by atoms with Gasteiger partial charge in [-0.25, -0.2) is 13.6 Å². The first kappa shape index (κ1) is 14.2. The van der Waals surface area contributed by atoms with Crippen LogP contribution in [-0.4, -0.2) is 19.3 Å². The van der Waals surface area contributed by atoms with E-state index in [0.717, 1.165) is 10.6 Å². The number of thiocarbonyl (C=S) groups is 1. The van der Waals surface area contributed by atoms with Gasteiger partial charge in [-0.2, -0.15) is 0 Å². The second kappa shape index (κ2) is 5.67. The van der Waals surface area contributed by atoms with E-state index in [-0.39, 0.29) is 10.0 Å². The number of benzene rings is 1. The Labute approximate surface area is 110 Å². The Kier molecular flexibility index (Phi) is 4.75. The first-order chi connectivity index (χ1) is 7.84. The summed E-state index contributed by atoms with van der Waals surface area (Å²) in [6.07, 6.45) is 0. The molecular formula is C9H13N3O2S3. The van der Waals surface area contributed by atoms with E-state index in [0.29, 0.717) is 5.69 Å².